The average molecular weight is 355 g/mol. The van der Waals surface area contributed by atoms with Gasteiger partial charge in [-0.25, -0.2) is 4.79 Å². The molecule has 0 atom stereocenters. The Bertz CT molecular complexity index is 1140. The molecule has 4 rings (SSSR count). The summed E-state index contributed by atoms with van der Waals surface area (Å²) in [5.41, 5.74) is 1.42. The minimum Gasteiger partial charge on any atom is -0.480 e. The van der Waals surface area contributed by atoms with Crippen LogP contribution >= 0.6 is 0 Å². The zero-order chi connectivity index (χ0) is 18.4. The van der Waals surface area contributed by atoms with Crippen LogP contribution in [0.5, 0.6) is 0 Å². The second-order valence-corrected chi connectivity index (χ2v) is 6.32. The smallest absolute Gasteiger partial charge is 0.329 e. The summed E-state index contributed by atoms with van der Waals surface area (Å²) in [7, 11) is 1.49. The van der Waals surface area contributed by atoms with Crippen molar-refractivity contribution in [2.24, 2.45) is 7.05 Å². The summed E-state index contributed by atoms with van der Waals surface area (Å²) >= 11 is 0. The third-order valence-corrected chi connectivity index (χ3v) is 4.69. The van der Waals surface area contributed by atoms with Gasteiger partial charge < -0.3 is 10.0 Å². The molecular weight excluding hydrogens is 338 g/mol. The Hall–Kier alpha value is -3.36. The fourth-order valence-corrected chi connectivity index (χ4v) is 3.42. The summed E-state index contributed by atoms with van der Waals surface area (Å²) in [6.45, 7) is 0.794. The lowest BCUT2D eigenvalue weighted by Gasteiger charge is -2.29. The van der Waals surface area contributed by atoms with E-state index in [1.54, 1.807) is 0 Å². The van der Waals surface area contributed by atoms with E-state index in [-0.39, 0.29) is 11.2 Å². The Labute approximate surface area is 147 Å². The predicted octanol–water partition coefficient (Wildman–Crippen LogP) is 0.0706. The molecular formula is C17H17N5O4. The summed E-state index contributed by atoms with van der Waals surface area (Å²) in [6, 6.07) is 8.04. The number of nitrogens with zero attached hydrogens (tertiary/aromatic N) is 4. The van der Waals surface area contributed by atoms with Crippen LogP contribution in [0.2, 0.25) is 0 Å². The maximum absolute atomic E-state index is 12.3. The topological polar surface area (TPSA) is 113 Å². The first-order chi connectivity index (χ1) is 12.5. The molecule has 9 heteroatoms. The molecule has 0 aliphatic carbocycles. The molecule has 3 heterocycles. The van der Waals surface area contributed by atoms with Gasteiger partial charge in [-0.15, -0.1) is 0 Å². The minimum absolute atomic E-state index is 0.0864. The van der Waals surface area contributed by atoms with Crippen molar-refractivity contribution in [3.05, 3.63) is 56.2 Å². The monoisotopic (exact) mass is 355 g/mol. The molecule has 0 spiro atoms. The Morgan fingerprint density at radius 2 is 2.00 bits per heavy atom. The molecule has 2 aromatic heterocycles. The number of aliphatic carboxylic acids is 1. The highest BCUT2D eigenvalue weighted by Crippen LogP contribution is 2.26. The summed E-state index contributed by atoms with van der Waals surface area (Å²) in [4.78, 5) is 44.1. The number of aryl methyl sites for hydroxylation is 1. The van der Waals surface area contributed by atoms with Gasteiger partial charge in [0, 0.05) is 20.1 Å². The fraction of sp³-hybridized carbons (Fsp3) is 0.294. The van der Waals surface area contributed by atoms with E-state index in [9.17, 15) is 19.5 Å². The highest BCUT2D eigenvalue weighted by molar-refractivity contribution is 5.78. The number of carboxylic acid groups (broad SMARTS) is 1. The number of fused-ring (bicyclic) bond motifs is 2. The third-order valence-electron chi connectivity index (χ3n) is 4.69. The van der Waals surface area contributed by atoms with E-state index in [1.165, 1.54) is 21.7 Å². The van der Waals surface area contributed by atoms with Crippen LogP contribution in [0.1, 0.15) is 11.1 Å². The average Bonchev–Trinajstić information content (AvgIpc) is 2.98. The number of aromatic amines is 1. The Morgan fingerprint density at radius 3 is 2.73 bits per heavy atom. The zero-order valence-electron chi connectivity index (χ0n) is 14.1. The summed E-state index contributed by atoms with van der Waals surface area (Å²) in [6.07, 6.45) is 0.793. The molecule has 1 aliphatic heterocycles. The number of H-pyrrole nitrogens is 1. The van der Waals surface area contributed by atoms with Crippen molar-refractivity contribution >= 4 is 23.1 Å². The van der Waals surface area contributed by atoms with E-state index in [0.29, 0.717) is 19.0 Å². The van der Waals surface area contributed by atoms with E-state index in [0.717, 1.165) is 12.0 Å². The first kappa shape index (κ1) is 16.1. The van der Waals surface area contributed by atoms with E-state index >= 15 is 0 Å². The normalized spacial score (nSPS) is 13.8. The van der Waals surface area contributed by atoms with Crippen molar-refractivity contribution < 1.29 is 9.90 Å². The van der Waals surface area contributed by atoms with Crippen LogP contribution in [0, 0.1) is 0 Å². The molecule has 0 saturated heterocycles. The van der Waals surface area contributed by atoms with Gasteiger partial charge in [0.15, 0.2) is 11.2 Å². The Kier molecular flexibility index (Phi) is 3.64. The van der Waals surface area contributed by atoms with Crippen LogP contribution in [-0.2, 0) is 31.4 Å². The van der Waals surface area contributed by atoms with Crippen LogP contribution < -0.4 is 16.1 Å². The number of carboxylic acids is 1. The number of imidazole rings is 1. The molecule has 134 valence electrons. The number of aromatic nitrogens is 4. The molecule has 1 aromatic carbocycles. The number of rotatable bonds is 3. The third kappa shape index (κ3) is 2.48. The molecule has 0 unspecified atom stereocenters. The molecule has 0 amide bonds. The van der Waals surface area contributed by atoms with Gasteiger partial charge in [0.25, 0.3) is 5.56 Å². The van der Waals surface area contributed by atoms with Crippen molar-refractivity contribution in [3.63, 3.8) is 0 Å². The molecule has 1 aliphatic rings. The van der Waals surface area contributed by atoms with Gasteiger partial charge in [-0.2, -0.15) is 4.98 Å². The van der Waals surface area contributed by atoms with Crippen LogP contribution in [0.15, 0.2) is 33.9 Å². The number of anilines is 1. The lowest BCUT2D eigenvalue weighted by atomic mass is 10.0. The Balaban J connectivity index is 1.91. The van der Waals surface area contributed by atoms with E-state index < -0.39 is 23.8 Å². The summed E-state index contributed by atoms with van der Waals surface area (Å²) in [5.74, 6) is -0.709. The van der Waals surface area contributed by atoms with Crippen molar-refractivity contribution in [1.29, 1.82) is 0 Å². The first-order valence-corrected chi connectivity index (χ1v) is 8.19. The van der Waals surface area contributed by atoms with E-state index in [2.05, 4.69) is 16.0 Å². The number of benzene rings is 1. The maximum atomic E-state index is 12.3. The highest BCUT2D eigenvalue weighted by atomic mass is 16.4. The van der Waals surface area contributed by atoms with Crippen LogP contribution in [-0.4, -0.2) is 36.7 Å². The van der Waals surface area contributed by atoms with Gasteiger partial charge >= 0.3 is 11.7 Å². The van der Waals surface area contributed by atoms with Gasteiger partial charge in [-0.1, -0.05) is 24.3 Å². The second kappa shape index (κ2) is 5.87. The zero-order valence-corrected chi connectivity index (χ0v) is 14.1. The maximum Gasteiger partial charge on any atom is 0.329 e. The molecule has 26 heavy (non-hydrogen) atoms. The SMILES string of the molecule is Cn1c(=O)[nH]c(=O)c2c1nc(N1CCc3ccccc3C1)n2CC(=O)O. The van der Waals surface area contributed by atoms with Crippen LogP contribution in [0.3, 0.4) is 0 Å². The van der Waals surface area contributed by atoms with Crippen LogP contribution in [0.4, 0.5) is 5.95 Å². The van der Waals surface area contributed by atoms with Gasteiger partial charge in [0.1, 0.15) is 6.54 Å². The number of hydrogen-bond donors (Lipinski definition) is 2. The van der Waals surface area contributed by atoms with Gasteiger partial charge in [0.2, 0.25) is 5.95 Å². The van der Waals surface area contributed by atoms with Crippen LogP contribution in [0.25, 0.3) is 11.2 Å². The molecule has 3 aromatic rings. The number of hydrogen-bond acceptors (Lipinski definition) is 5. The first-order valence-electron chi connectivity index (χ1n) is 8.19. The second-order valence-electron chi connectivity index (χ2n) is 6.32. The van der Waals surface area contributed by atoms with Gasteiger partial charge in [0.05, 0.1) is 0 Å². The lowest BCUT2D eigenvalue weighted by molar-refractivity contribution is -0.137. The molecule has 0 radical (unpaired) electrons. The van der Waals surface area contributed by atoms with E-state index in [4.69, 9.17) is 0 Å². The molecule has 0 fully saturated rings. The molecule has 0 saturated carbocycles. The predicted molar refractivity (Wildman–Crippen MR) is 94.4 cm³/mol. The van der Waals surface area contributed by atoms with Crippen molar-refractivity contribution in [3.8, 4) is 0 Å². The fourth-order valence-electron chi connectivity index (χ4n) is 3.42. The summed E-state index contributed by atoms with van der Waals surface area (Å²) in [5, 5.41) is 9.29. The van der Waals surface area contributed by atoms with Crippen molar-refractivity contribution in [2.45, 2.75) is 19.5 Å². The van der Waals surface area contributed by atoms with Gasteiger partial charge in [-0.05, 0) is 17.5 Å². The van der Waals surface area contributed by atoms with Gasteiger partial charge in [-0.3, -0.25) is 23.7 Å². The van der Waals surface area contributed by atoms with Crippen molar-refractivity contribution in [1.82, 2.24) is 19.1 Å². The molecule has 0 bridgehead atoms. The number of carbonyl (C=O) groups is 1. The summed E-state index contributed by atoms with van der Waals surface area (Å²) < 4.78 is 2.58. The molecule has 2 N–H and O–H groups in total. The minimum atomic E-state index is -1.09. The standard InChI is InChI=1S/C17H17N5O4/c1-20-14-13(15(25)19-17(20)26)22(9-12(23)24)16(18-14)21-7-6-10-4-2-3-5-11(10)8-21/h2-5H,6-9H2,1H3,(H,23,24)(H,19,25,26). The lowest BCUT2D eigenvalue weighted by Crippen LogP contribution is -2.33. The Morgan fingerprint density at radius 1 is 1.27 bits per heavy atom. The largest absolute Gasteiger partial charge is 0.480 e. The van der Waals surface area contributed by atoms with E-state index in [1.807, 2.05) is 23.1 Å². The van der Waals surface area contributed by atoms with Crippen molar-refractivity contribution in [2.75, 3.05) is 11.4 Å². The highest BCUT2D eigenvalue weighted by Gasteiger charge is 2.25. The number of nitrogens with one attached hydrogen (secondary N) is 1. The molecule has 9 nitrogen and oxygen atoms in total. The quantitative estimate of drug-likeness (QED) is 0.687.